The van der Waals surface area contributed by atoms with Crippen molar-refractivity contribution >= 4 is 10.9 Å². The summed E-state index contributed by atoms with van der Waals surface area (Å²) in [5, 5.41) is 1.20. The largest absolute Gasteiger partial charge is 0.256 e. The van der Waals surface area contributed by atoms with Crippen LogP contribution in [-0.2, 0) is 20.5 Å². The highest BCUT2D eigenvalue weighted by Crippen LogP contribution is 2.07. The summed E-state index contributed by atoms with van der Waals surface area (Å²) < 4.78 is 4.40. The highest BCUT2D eigenvalue weighted by atomic mass is 15.1. The molecular formula is C17H22N3+. The van der Waals surface area contributed by atoms with E-state index in [1.54, 1.807) is 0 Å². The van der Waals surface area contributed by atoms with Gasteiger partial charge in [-0.15, -0.1) is 0 Å². The van der Waals surface area contributed by atoms with Crippen molar-refractivity contribution < 1.29 is 4.57 Å². The maximum atomic E-state index is 4.18. The molecule has 3 nitrogen and oxygen atoms in total. The second-order valence-corrected chi connectivity index (χ2v) is 4.91. The molecule has 0 N–H and O–H groups in total. The summed E-state index contributed by atoms with van der Waals surface area (Å²) in [7, 11) is 4.19. The third kappa shape index (κ3) is 3.05. The van der Waals surface area contributed by atoms with Crippen LogP contribution in [0.2, 0.25) is 0 Å². The fourth-order valence-electron chi connectivity index (χ4n) is 2.38. The zero-order valence-electron chi connectivity index (χ0n) is 12.7. The Hall–Kier alpha value is -2.16. The molecule has 0 saturated carbocycles. The van der Waals surface area contributed by atoms with E-state index >= 15 is 0 Å². The van der Waals surface area contributed by atoms with E-state index in [9.17, 15) is 0 Å². The van der Waals surface area contributed by atoms with E-state index in [0.717, 1.165) is 11.9 Å². The molecule has 0 atom stereocenters. The highest BCUT2D eigenvalue weighted by molar-refractivity contribution is 5.77. The van der Waals surface area contributed by atoms with Crippen LogP contribution in [0.4, 0.5) is 0 Å². The summed E-state index contributed by atoms with van der Waals surface area (Å²) >= 11 is 0. The fourth-order valence-corrected chi connectivity index (χ4v) is 2.38. The van der Waals surface area contributed by atoms with Crippen LogP contribution in [0.25, 0.3) is 10.9 Å². The molecule has 2 aromatic heterocycles. The summed E-state index contributed by atoms with van der Waals surface area (Å²) in [6.45, 7) is 4.30. The van der Waals surface area contributed by atoms with Gasteiger partial charge in [0.1, 0.15) is 11.9 Å². The van der Waals surface area contributed by atoms with E-state index in [1.165, 1.54) is 16.9 Å². The lowest BCUT2D eigenvalue weighted by molar-refractivity contribution is -0.678. The molecule has 0 radical (unpaired) electrons. The Morgan fingerprint density at radius 2 is 1.85 bits per heavy atom. The molecule has 0 aliphatic heterocycles. The molecule has 20 heavy (non-hydrogen) atoms. The maximum Gasteiger partial charge on any atom is 0.255 e. The van der Waals surface area contributed by atoms with E-state index in [-0.39, 0.29) is 0 Å². The molecule has 1 aromatic carbocycles. The standard InChI is InChI=1S/C9H7N.C8H15N2/c1-2-6-9-8(4-1)5-3-7-10-9;1-5-8-9(3)6-7(2)10(8)4/h1-7H;6H,5H2,1-4H3/q;+1. The van der Waals surface area contributed by atoms with Crippen molar-refractivity contribution in [1.29, 1.82) is 0 Å². The Morgan fingerprint density at radius 1 is 1.15 bits per heavy atom. The van der Waals surface area contributed by atoms with Gasteiger partial charge in [0.15, 0.2) is 0 Å². The van der Waals surface area contributed by atoms with Gasteiger partial charge in [-0.25, -0.2) is 9.13 Å². The number of imidazole rings is 1. The molecule has 2 heterocycles. The number of aromatic nitrogens is 3. The molecule has 0 saturated heterocycles. The van der Waals surface area contributed by atoms with Crippen molar-refractivity contribution in [2.24, 2.45) is 14.1 Å². The quantitative estimate of drug-likeness (QED) is 0.622. The van der Waals surface area contributed by atoms with Gasteiger partial charge in [0, 0.05) is 24.9 Å². The van der Waals surface area contributed by atoms with Crippen molar-refractivity contribution in [2.45, 2.75) is 20.3 Å². The average molecular weight is 268 g/mol. The van der Waals surface area contributed by atoms with Crippen molar-refractivity contribution in [3.63, 3.8) is 0 Å². The zero-order valence-corrected chi connectivity index (χ0v) is 12.7. The number of para-hydroxylation sites is 1. The topological polar surface area (TPSA) is 21.7 Å². The first-order valence-corrected chi connectivity index (χ1v) is 6.94. The van der Waals surface area contributed by atoms with Crippen molar-refractivity contribution in [1.82, 2.24) is 9.55 Å². The van der Waals surface area contributed by atoms with Gasteiger partial charge in [0.2, 0.25) is 0 Å². The molecule has 0 fully saturated rings. The number of hydrogen-bond acceptors (Lipinski definition) is 1. The number of rotatable bonds is 1. The minimum absolute atomic E-state index is 1.06. The predicted octanol–water partition coefficient (Wildman–Crippen LogP) is 2.96. The number of aryl methyl sites for hydroxylation is 2. The number of pyridine rings is 1. The lowest BCUT2D eigenvalue weighted by Gasteiger charge is -1.91. The first-order valence-electron chi connectivity index (χ1n) is 6.94. The van der Waals surface area contributed by atoms with Crippen LogP contribution in [0.5, 0.6) is 0 Å². The molecule has 0 bridgehead atoms. The normalized spacial score (nSPS) is 10.2. The van der Waals surface area contributed by atoms with Crippen LogP contribution < -0.4 is 4.57 Å². The van der Waals surface area contributed by atoms with Crippen molar-refractivity contribution in [3.8, 4) is 0 Å². The second kappa shape index (κ2) is 6.33. The van der Waals surface area contributed by atoms with Gasteiger partial charge in [0.05, 0.1) is 19.6 Å². The molecule has 0 aliphatic rings. The molecule has 3 heteroatoms. The van der Waals surface area contributed by atoms with Gasteiger partial charge in [-0.1, -0.05) is 31.2 Å². The van der Waals surface area contributed by atoms with Gasteiger partial charge >= 0.3 is 0 Å². The summed E-state index contributed by atoms with van der Waals surface area (Å²) in [6.07, 6.45) is 5.06. The summed E-state index contributed by atoms with van der Waals surface area (Å²) in [5.41, 5.74) is 2.38. The van der Waals surface area contributed by atoms with Crippen LogP contribution in [0.1, 0.15) is 18.4 Å². The summed E-state index contributed by atoms with van der Waals surface area (Å²) in [6, 6.07) is 12.1. The predicted molar refractivity (Wildman–Crippen MR) is 82.4 cm³/mol. The SMILES string of the molecule is CCc1n(C)c(C)c[n+]1C.c1ccc2ncccc2c1. The van der Waals surface area contributed by atoms with Gasteiger partial charge in [0.25, 0.3) is 5.82 Å². The van der Waals surface area contributed by atoms with Gasteiger partial charge < -0.3 is 0 Å². The number of fused-ring (bicyclic) bond motifs is 1. The third-order valence-electron chi connectivity index (χ3n) is 3.53. The number of hydrogen-bond donors (Lipinski definition) is 0. The lowest BCUT2D eigenvalue weighted by atomic mass is 10.2. The smallest absolute Gasteiger partial charge is 0.255 e. The minimum atomic E-state index is 1.06. The second-order valence-electron chi connectivity index (χ2n) is 4.91. The fraction of sp³-hybridized carbons (Fsp3) is 0.294. The van der Waals surface area contributed by atoms with E-state index in [4.69, 9.17) is 0 Å². The first kappa shape index (κ1) is 14.3. The highest BCUT2D eigenvalue weighted by Gasteiger charge is 2.11. The number of benzene rings is 1. The van der Waals surface area contributed by atoms with E-state index in [0.29, 0.717) is 0 Å². The van der Waals surface area contributed by atoms with Crippen molar-refractivity contribution in [3.05, 3.63) is 60.3 Å². The summed E-state index contributed by atoms with van der Waals surface area (Å²) in [5.74, 6) is 1.37. The molecule has 0 spiro atoms. The molecule has 3 rings (SSSR count). The van der Waals surface area contributed by atoms with Crippen LogP contribution in [0.15, 0.2) is 48.8 Å². The van der Waals surface area contributed by atoms with E-state index in [1.807, 2.05) is 30.5 Å². The summed E-state index contributed by atoms with van der Waals surface area (Å²) in [4.78, 5) is 4.18. The van der Waals surface area contributed by atoms with E-state index < -0.39 is 0 Å². The van der Waals surface area contributed by atoms with Gasteiger partial charge in [-0.3, -0.25) is 4.98 Å². The molecule has 3 aromatic rings. The Morgan fingerprint density at radius 3 is 2.40 bits per heavy atom. The van der Waals surface area contributed by atoms with Gasteiger partial charge in [-0.2, -0.15) is 0 Å². The molecule has 0 aliphatic carbocycles. The number of nitrogens with zero attached hydrogens (tertiary/aromatic N) is 3. The van der Waals surface area contributed by atoms with Crippen LogP contribution >= 0.6 is 0 Å². The third-order valence-corrected chi connectivity index (χ3v) is 3.53. The first-order chi connectivity index (χ1) is 9.63. The van der Waals surface area contributed by atoms with Crippen LogP contribution in [0, 0.1) is 6.92 Å². The molecule has 0 amide bonds. The molecular weight excluding hydrogens is 246 g/mol. The van der Waals surface area contributed by atoms with E-state index in [2.05, 4.69) is 60.4 Å². The Kier molecular flexibility index (Phi) is 4.51. The zero-order chi connectivity index (χ0) is 14.5. The average Bonchev–Trinajstić information content (AvgIpc) is 2.72. The Balaban J connectivity index is 0.000000147. The van der Waals surface area contributed by atoms with Crippen molar-refractivity contribution in [2.75, 3.05) is 0 Å². The monoisotopic (exact) mass is 268 g/mol. The molecule has 0 unspecified atom stereocenters. The van der Waals surface area contributed by atoms with Crippen LogP contribution in [0.3, 0.4) is 0 Å². The Labute approximate surface area is 120 Å². The Bertz CT molecular complexity index is 633. The minimum Gasteiger partial charge on any atom is -0.256 e. The van der Waals surface area contributed by atoms with Gasteiger partial charge in [-0.05, 0) is 12.1 Å². The molecule has 104 valence electrons. The van der Waals surface area contributed by atoms with Crippen LogP contribution in [-0.4, -0.2) is 9.55 Å². The lowest BCUT2D eigenvalue weighted by Crippen LogP contribution is -2.31. The maximum absolute atomic E-state index is 4.18.